The van der Waals surface area contributed by atoms with Crippen molar-refractivity contribution in [1.29, 1.82) is 0 Å². The lowest BCUT2D eigenvalue weighted by molar-refractivity contribution is -0.305. The summed E-state index contributed by atoms with van der Waals surface area (Å²) in [5.74, 6) is -1.22. The minimum Gasteiger partial charge on any atom is -0.454 e. The maximum Gasteiger partial charge on any atom is 0.306 e. The number of allylic oxidation sites excluding steroid dienone is 13. The molecule has 0 bridgehead atoms. The minimum atomic E-state index is -1.62. The van der Waals surface area contributed by atoms with Gasteiger partial charge < -0.3 is 45.1 Å². The van der Waals surface area contributed by atoms with E-state index in [4.69, 9.17) is 14.2 Å². The average Bonchev–Trinajstić information content (AvgIpc) is 3.41. The van der Waals surface area contributed by atoms with Crippen molar-refractivity contribution >= 4 is 11.9 Å². The van der Waals surface area contributed by atoms with Crippen LogP contribution in [0.15, 0.2) is 85.1 Å². The third kappa shape index (κ3) is 39.8. The normalized spacial score (nSPS) is 19.8. The van der Waals surface area contributed by atoms with Crippen LogP contribution in [0.5, 0.6) is 0 Å². The molecule has 11 nitrogen and oxygen atoms in total. The van der Waals surface area contributed by atoms with E-state index in [2.05, 4.69) is 99.0 Å². The molecule has 0 radical (unpaired) electrons. The first kappa shape index (κ1) is 69.9. The average molecular weight is 1050 g/mol. The summed E-state index contributed by atoms with van der Waals surface area (Å²) in [6.45, 7) is 5.64. The monoisotopic (exact) mass is 1050 g/mol. The second kappa shape index (κ2) is 51.6. The molecule has 1 aliphatic heterocycles. The lowest BCUT2D eigenvalue weighted by atomic mass is 9.99. The number of carbonyl (C=O) groups is 2. The van der Waals surface area contributed by atoms with Gasteiger partial charge >= 0.3 is 5.97 Å². The third-order valence-corrected chi connectivity index (χ3v) is 13.8. The molecule has 0 saturated carbocycles. The Morgan fingerprint density at radius 2 is 0.960 bits per heavy atom. The fourth-order valence-electron chi connectivity index (χ4n) is 9.01. The molecule has 1 amide bonds. The van der Waals surface area contributed by atoms with E-state index in [9.17, 15) is 35.1 Å². The highest BCUT2D eigenvalue weighted by molar-refractivity contribution is 5.80. The van der Waals surface area contributed by atoms with Crippen LogP contribution >= 0.6 is 0 Å². The molecule has 8 atom stereocenters. The van der Waals surface area contributed by atoms with Gasteiger partial charge in [0.2, 0.25) is 5.91 Å². The molecule has 0 aromatic heterocycles. The van der Waals surface area contributed by atoms with Gasteiger partial charge in [-0.1, -0.05) is 247 Å². The molecule has 432 valence electrons. The summed E-state index contributed by atoms with van der Waals surface area (Å²) in [7, 11) is 0. The van der Waals surface area contributed by atoms with Crippen LogP contribution in [0.1, 0.15) is 245 Å². The van der Waals surface area contributed by atoms with E-state index in [-0.39, 0.29) is 19.4 Å². The number of aliphatic hydroxyl groups excluding tert-OH is 5. The standard InChI is InChI=1S/C64H111NO10/c1-4-7-10-13-16-19-22-24-25-26-27-28-29-30-31-32-34-37-39-42-45-48-51-57(68)63(72)65-55(56(67)50-47-44-41-38-36-33-23-20-17-14-11-8-5-2)54-73-64-62(61(71)60(70)58(53-66)74-64)75-59(69)52-49-46-43-40-35-21-18-15-12-9-6-3/h7,10,16,19,24-25,27-28,30-31,34,37,47,50,55-58,60-62,64,66-68,70-71H,4-6,8-9,11-15,17-18,20-23,26,29,32-33,35-36,38-46,48-49,51-54H2,1-3H3,(H,65,72)/b10-7-,19-16-,25-24-,28-27-,31-30-,37-34-,50-47+. The molecular formula is C64H111NO10. The Labute approximate surface area is 457 Å². The second-order valence-corrected chi connectivity index (χ2v) is 20.7. The Kier molecular flexibility index (Phi) is 48.0. The first-order valence-electron chi connectivity index (χ1n) is 30.4. The van der Waals surface area contributed by atoms with Crippen molar-refractivity contribution in [3.05, 3.63) is 85.1 Å². The number of hydrogen-bond acceptors (Lipinski definition) is 10. The summed E-state index contributed by atoms with van der Waals surface area (Å²) < 4.78 is 17.6. The molecule has 0 spiro atoms. The summed E-state index contributed by atoms with van der Waals surface area (Å²) in [6.07, 6.45) is 56.2. The molecule has 1 rings (SSSR count). The Hall–Kier alpha value is -3.16. The number of hydrogen-bond donors (Lipinski definition) is 6. The molecule has 1 fully saturated rings. The molecule has 1 saturated heterocycles. The molecule has 8 unspecified atom stereocenters. The van der Waals surface area contributed by atoms with Gasteiger partial charge in [0.1, 0.15) is 24.4 Å². The quantitative estimate of drug-likeness (QED) is 0.0195. The summed E-state index contributed by atoms with van der Waals surface area (Å²) >= 11 is 0. The zero-order valence-electron chi connectivity index (χ0n) is 47.6. The number of esters is 1. The fourth-order valence-corrected chi connectivity index (χ4v) is 9.01. The molecule has 1 aliphatic rings. The molecule has 6 N–H and O–H groups in total. The van der Waals surface area contributed by atoms with Gasteiger partial charge in [-0.05, 0) is 77.0 Å². The Bertz CT molecular complexity index is 1540. The topological polar surface area (TPSA) is 175 Å². The summed E-state index contributed by atoms with van der Waals surface area (Å²) in [4.78, 5) is 26.5. The number of unbranched alkanes of at least 4 members (excludes halogenated alkanes) is 24. The van der Waals surface area contributed by atoms with Crippen molar-refractivity contribution in [1.82, 2.24) is 5.32 Å². The van der Waals surface area contributed by atoms with Crippen LogP contribution in [0.25, 0.3) is 0 Å². The molecule has 1 heterocycles. The number of rotatable bonds is 50. The second-order valence-electron chi connectivity index (χ2n) is 20.7. The van der Waals surface area contributed by atoms with E-state index in [0.717, 1.165) is 96.3 Å². The molecule has 0 aromatic rings. The van der Waals surface area contributed by atoms with Gasteiger partial charge in [0, 0.05) is 6.42 Å². The smallest absolute Gasteiger partial charge is 0.306 e. The van der Waals surface area contributed by atoms with Crippen LogP contribution in [0.3, 0.4) is 0 Å². The van der Waals surface area contributed by atoms with Crippen molar-refractivity contribution < 1.29 is 49.3 Å². The maximum absolute atomic E-state index is 13.4. The number of nitrogens with one attached hydrogen (secondary N) is 1. The van der Waals surface area contributed by atoms with Crippen molar-refractivity contribution in [2.45, 2.75) is 294 Å². The molecular weight excluding hydrogens is 943 g/mol. The predicted molar refractivity (Wildman–Crippen MR) is 310 cm³/mol. The van der Waals surface area contributed by atoms with Crippen molar-refractivity contribution in [3.8, 4) is 0 Å². The molecule has 0 aliphatic carbocycles. The zero-order chi connectivity index (χ0) is 54.7. The lowest BCUT2D eigenvalue weighted by Crippen LogP contribution is -2.61. The number of amides is 1. The maximum atomic E-state index is 13.4. The van der Waals surface area contributed by atoms with Crippen LogP contribution in [0.4, 0.5) is 0 Å². The molecule has 75 heavy (non-hydrogen) atoms. The van der Waals surface area contributed by atoms with Gasteiger partial charge in [0.25, 0.3) is 0 Å². The molecule has 0 aromatic carbocycles. The number of aliphatic hydroxyl groups is 5. The van der Waals surface area contributed by atoms with Crippen molar-refractivity contribution in [3.63, 3.8) is 0 Å². The van der Waals surface area contributed by atoms with E-state index < -0.39 is 67.4 Å². The predicted octanol–water partition coefficient (Wildman–Crippen LogP) is 14.2. The number of carbonyl (C=O) groups excluding carboxylic acids is 2. The van der Waals surface area contributed by atoms with Gasteiger partial charge in [-0.3, -0.25) is 9.59 Å². The van der Waals surface area contributed by atoms with E-state index >= 15 is 0 Å². The Balaban J connectivity index is 2.71. The van der Waals surface area contributed by atoms with Gasteiger partial charge in [0.15, 0.2) is 12.4 Å². The van der Waals surface area contributed by atoms with E-state index in [1.54, 1.807) is 6.08 Å². The minimum absolute atomic E-state index is 0.119. The van der Waals surface area contributed by atoms with Gasteiger partial charge in [0.05, 0.1) is 25.4 Å². The fraction of sp³-hybridized carbons (Fsp3) is 0.750. The number of ether oxygens (including phenoxy) is 3. The van der Waals surface area contributed by atoms with Crippen LogP contribution in [0.2, 0.25) is 0 Å². The Morgan fingerprint density at radius 1 is 0.533 bits per heavy atom. The highest BCUT2D eigenvalue weighted by Crippen LogP contribution is 2.26. The third-order valence-electron chi connectivity index (χ3n) is 13.8. The SMILES string of the molecule is CC/C=C\C/C=C\C/C=C\C/C=C\C/C=C\C/C=C\CCCCCC(O)C(=O)NC(COC1OC(CO)C(O)C(O)C1OC(=O)CCCCCCCCCCCCC)C(O)/C=C/CCCCCCCCCCCCC. The zero-order valence-corrected chi connectivity index (χ0v) is 47.6. The Morgan fingerprint density at radius 3 is 1.44 bits per heavy atom. The highest BCUT2D eigenvalue weighted by Gasteiger charge is 2.47. The largest absolute Gasteiger partial charge is 0.454 e. The highest BCUT2D eigenvalue weighted by atomic mass is 16.7. The van der Waals surface area contributed by atoms with Crippen LogP contribution in [-0.4, -0.2) is 99.6 Å². The summed E-state index contributed by atoms with van der Waals surface area (Å²) in [5, 5.41) is 56.9. The van der Waals surface area contributed by atoms with Crippen LogP contribution in [0, 0.1) is 0 Å². The summed E-state index contributed by atoms with van der Waals surface area (Å²) in [6, 6.07) is -1.04. The lowest BCUT2D eigenvalue weighted by Gasteiger charge is -2.41. The van der Waals surface area contributed by atoms with E-state index in [0.29, 0.717) is 12.8 Å². The van der Waals surface area contributed by atoms with Gasteiger partial charge in [-0.25, -0.2) is 0 Å². The van der Waals surface area contributed by atoms with Crippen molar-refractivity contribution in [2.24, 2.45) is 0 Å². The van der Waals surface area contributed by atoms with Crippen molar-refractivity contribution in [2.75, 3.05) is 13.2 Å². The van der Waals surface area contributed by atoms with E-state index in [1.807, 2.05) is 6.08 Å². The van der Waals surface area contributed by atoms with Crippen LogP contribution in [-0.2, 0) is 23.8 Å². The molecule has 11 heteroatoms. The first-order valence-corrected chi connectivity index (χ1v) is 30.4. The van der Waals surface area contributed by atoms with Gasteiger partial charge in [-0.15, -0.1) is 0 Å². The van der Waals surface area contributed by atoms with Crippen LogP contribution < -0.4 is 5.32 Å². The van der Waals surface area contributed by atoms with E-state index in [1.165, 1.54) is 103 Å². The summed E-state index contributed by atoms with van der Waals surface area (Å²) in [5.41, 5.74) is 0. The van der Waals surface area contributed by atoms with Gasteiger partial charge in [-0.2, -0.15) is 0 Å². The first-order chi connectivity index (χ1) is 36.7.